The molecule has 0 radical (unpaired) electrons. The van der Waals surface area contributed by atoms with E-state index in [1.165, 1.54) is 24.3 Å². The van der Waals surface area contributed by atoms with E-state index in [1.54, 1.807) is 35.2 Å². The van der Waals surface area contributed by atoms with Crippen molar-refractivity contribution in [3.8, 4) is 5.75 Å². The molecule has 1 fully saturated rings. The molecule has 0 saturated carbocycles. The lowest BCUT2D eigenvalue weighted by Gasteiger charge is -2.32. The number of halogens is 3. The summed E-state index contributed by atoms with van der Waals surface area (Å²) in [4.78, 5) is 26.8. The molecule has 2 aliphatic rings. The lowest BCUT2D eigenvalue weighted by Crippen LogP contribution is -2.43. The normalized spacial score (nSPS) is 19.2. The summed E-state index contributed by atoms with van der Waals surface area (Å²) in [5, 5.41) is 2.89. The van der Waals surface area contributed by atoms with Gasteiger partial charge in [0.15, 0.2) is 0 Å². The van der Waals surface area contributed by atoms with Crippen molar-refractivity contribution in [1.29, 1.82) is 0 Å². The zero-order valence-corrected chi connectivity index (χ0v) is 18.5. The first-order valence-corrected chi connectivity index (χ1v) is 10.8. The SMILES string of the molecule is CC(C)C(=O)N1CCC(C(=O)Nc2ccccc2OC2C=CC=C(OC(F)(F)F)C=C2)CC1. The molecule has 1 atom stereocenters. The van der Waals surface area contributed by atoms with E-state index in [2.05, 4.69) is 10.1 Å². The summed E-state index contributed by atoms with van der Waals surface area (Å²) in [6.45, 7) is 4.80. The molecule has 1 aromatic carbocycles. The van der Waals surface area contributed by atoms with Crippen LogP contribution in [0.15, 0.2) is 60.4 Å². The third-order valence-electron chi connectivity index (χ3n) is 5.32. The summed E-state index contributed by atoms with van der Waals surface area (Å²) in [5.74, 6) is -0.324. The minimum absolute atomic E-state index is 0.0715. The van der Waals surface area contributed by atoms with Crippen LogP contribution < -0.4 is 10.1 Å². The fraction of sp³-hybridized carbons (Fsp3) is 0.417. The van der Waals surface area contributed by atoms with Gasteiger partial charge in [-0.2, -0.15) is 0 Å². The minimum Gasteiger partial charge on any atom is -0.480 e. The topological polar surface area (TPSA) is 67.9 Å². The molecule has 1 aromatic rings. The van der Waals surface area contributed by atoms with Gasteiger partial charge in [0.1, 0.15) is 17.6 Å². The van der Waals surface area contributed by atoms with Crippen molar-refractivity contribution in [2.45, 2.75) is 39.2 Å². The fourth-order valence-electron chi connectivity index (χ4n) is 3.63. The van der Waals surface area contributed by atoms with E-state index in [0.29, 0.717) is 37.4 Å². The Balaban J connectivity index is 1.60. The third-order valence-corrected chi connectivity index (χ3v) is 5.32. The molecule has 9 heteroatoms. The molecule has 1 aliphatic heterocycles. The lowest BCUT2D eigenvalue weighted by atomic mass is 9.95. The highest BCUT2D eigenvalue weighted by atomic mass is 19.4. The average molecular weight is 464 g/mol. The molecule has 1 aliphatic carbocycles. The van der Waals surface area contributed by atoms with E-state index in [1.807, 2.05) is 13.8 Å². The van der Waals surface area contributed by atoms with Crippen molar-refractivity contribution in [2.24, 2.45) is 11.8 Å². The zero-order chi connectivity index (χ0) is 24.0. The van der Waals surface area contributed by atoms with E-state index in [4.69, 9.17) is 4.74 Å². The standard InChI is InChI=1S/C24H27F3N2O4/c1-16(2)23(31)29-14-12-17(13-15-29)22(30)28-20-8-3-4-9-21(20)32-18-6-5-7-19(11-10-18)33-24(25,26)27/h3-11,16-18H,12-15H2,1-2H3,(H,28,30). The molecule has 1 heterocycles. The Labute approximate surface area is 190 Å². The highest BCUT2D eigenvalue weighted by Gasteiger charge is 2.32. The largest absolute Gasteiger partial charge is 0.573 e. The maximum absolute atomic E-state index is 12.8. The summed E-state index contributed by atoms with van der Waals surface area (Å²) in [6.07, 6.45) is 2.52. The first-order valence-electron chi connectivity index (χ1n) is 10.8. The highest BCUT2D eigenvalue weighted by molar-refractivity contribution is 5.94. The Hall–Kier alpha value is -3.23. The minimum atomic E-state index is -4.78. The number of piperidine rings is 1. The molecule has 1 saturated heterocycles. The number of rotatable bonds is 6. The number of nitrogens with one attached hydrogen (secondary N) is 1. The molecular formula is C24H27F3N2O4. The van der Waals surface area contributed by atoms with Gasteiger partial charge in [0.2, 0.25) is 11.8 Å². The van der Waals surface area contributed by atoms with Crippen LogP contribution in [0.5, 0.6) is 5.75 Å². The predicted molar refractivity (Wildman–Crippen MR) is 117 cm³/mol. The molecule has 178 valence electrons. The molecule has 33 heavy (non-hydrogen) atoms. The highest BCUT2D eigenvalue weighted by Crippen LogP contribution is 2.29. The van der Waals surface area contributed by atoms with Gasteiger partial charge in [-0.1, -0.05) is 32.1 Å². The van der Waals surface area contributed by atoms with Gasteiger partial charge in [-0.05, 0) is 49.3 Å². The second-order valence-corrected chi connectivity index (χ2v) is 8.18. The quantitative estimate of drug-likeness (QED) is 0.656. The maximum atomic E-state index is 12.8. The van der Waals surface area contributed by atoms with Crippen LogP contribution in [0, 0.1) is 11.8 Å². The van der Waals surface area contributed by atoms with E-state index in [9.17, 15) is 22.8 Å². The van der Waals surface area contributed by atoms with Crippen molar-refractivity contribution in [3.63, 3.8) is 0 Å². The summed E-state index contributed by atoms with van der Waals surface area (Å²) in [7, 11) is 0. The second-order valence-electron chi connectivity index (χ2n) is 8.18. The number of hydrogen-bond donors (Lipinski definition) is 1. The van der Waals surface area contributed by atoms with E-state index >= 15 is 0 Å². The number of ether oxygens (including phenoxy) is 2. The Morgan fingerprint density at radius 1 is 1.12 bits per heavy atom. The van der Waals surface area contributed by atoms with Gasteiger partial charge < -0.3 is 19.7 Å². The van der Waals surface area contributed by atoms with Crippen molar-refractivity contribution < 1.29 is 32.2 Å². The number of anilines is 1. The number of hydrogen-bond acceptors (Lipinski definition) is 4. The van der Waals surface area contributed by atoms with E-state index in [-0.39, 0.29) is 29.4 Å². The smallest absolute Gasteiger partial charge is 0.480 e. The molecule has 1 N–H and O–H groups in total. The van der Waals surface area contributed by atoms with E-state index < -0.39 is 12.5 Å². The van der Waals surface area contributed by atoms with Gasteiger partial charge in [0, 0.05) is 24.9 Å². The molecule has 3 rings (SSSR count). The number of benzene rings is 1. The van der Waals surface area contributed by atoms with Gasteiger partial charge in [-0.15, -0.1) is 13.2 Å². The predicted octanol–water partition coefficient (Wildman–Crippen LogP) is 4.81. The van der Waals surface area contributed by atoms with Crippen LogP contribution in [-0.2, 0) is 14.3 Å². The molecule has 0 spiro atoms. The van der Waals surface area contributed by atoms with Gasteiger partial charge in [0.25, 0.3) is 0 Å². The monoisotopic (exact) mass is 464 g/mol. The van der Waals surface area contributed by atoms with Crippen molar-refractivity contribution >= 4 is 17.5 Å². The van der Waals surface area contributed by atoms with Crippen molar-refractivity contribution in [2.75, 3.05) is 18.4 Å². The number of carbonyl (C=O) groups excluding carboxylic acids is 2. The third kappa shape index (κ3) is 7.13. The number of para-hydroxylation sites is 2. The first-order chi connectivity index (χ1) is 15.6. The number of nitrogens with zero attached hydrogens (tertiary/aromatic N) is 1. The molecular weight excluding hydrogens is 437 g/mol. The van der Waals surface area contributed by atoms with Crippen LogP contribution in [0.3, 0.4) is 0 Å². The van der Waals surface area contributed by atoms with Crippen molar-refractivity contribution in [1.82, 2.24) is 4.90 Å². The zero-order valence-electron chi connectivity index (χ0n) is 18.5. The summed E-state index contributed by atoms with van der Waals surface area (Å²) in [5.41, 5.74) is 0.467. The summed E-state index contributed by atoms with van der Waals surface area (Å²) >= 11 is 0. The van der Waals surface area contributed by atoms with Crippen LogP contribution in [-0.4, -0.2) is 42.3 Å². The van der Waals surface area contributed by atoms with Crippen LogP contribution in [0.4, 0.5) is 18.9 Å². The number of allylic oxidation sites excluding steroid dienone is 3. The fourth-order valence-corrected chi connectivity index (χ4v) is 3.63. The number of carbonyl (C=O) groups is 2. The lowest BCUT2D eigenvalue weighted by molar-refractivity contribution is -0.303. The van der Waals surface area contributed by atoms with E-state index in [0.717, 1.165) is 0 Å². The molecule has 1 unspecified atom stereocenters. The Morgan fingerprint density at radius 2 is 1.82 bits per heavy atom. The summed E-state index contributed by atoms with van der Waals surface area (Å²) in [6, 6.07) is 6.86. The van der Waals surface area contributed by atoms with Gasteiger partial charge in [-0.25, -0.2) is 0 Å². The van der Waals surface area contributed by atoms with Crippen molar-refractivity contribution in [3.05, 3.63) is 60.4 Å². The first kappa shape index (κ1) is 24.4. The molecule has 0 aromatic heterocycles. The Kier molecular flexibility index (Phi) is 7.84. The number of alkyl halides is 3. The molecule has 2 amide bonds. The van der Waals surface area contributed by atoms with Crippen LogP contribution in [0.2, 0.25) is 0 Å². The number of likely N-dealkylation sites (tertiary alicyclic amines) is 1. The molecule has 0 bridgehead atoms. The number of amides is 2. The van der Waals surface area contributed by atoms with Gasteiger partial charge in [-0.3, -0.25) is 9.59 Å². The van der Waals surface area contributed by atoms with Crippen LogP contribution >= 0.6 is 0 Å². The van der Waals surface area contributed by atoms with Gasteiger partial charge in [0.05, 0.1) is 5.69 Å². The maximum Gasteiger partial charge on any atom is 0.573 e. The van der Waals surface area contributed by atoms with Crippen LogP contribution in [0.25, 0.3) is 0 Å². The average Bonchev–Trinajstić information content (AvgIpc) is 2.98. The second kappa shape index (κ2) is 10.6. The molecule has 6 nitrogen and oxygen atoms in total. The van der Waals surface area contributed by atoms with Crippen LogP contribution in [0.1, 0.15) is 26.7 Å². The Morgan fingerprint density at radius 3 is 2.48 bits per heavy atom. The Bertz CT molecular complexity index is 945. The van der Waals surface area contributed by atoms with Gasteiger partial charge >= 0.3 is 6.36 Å². The summed E-state index contributed by atoms with van der Waals surface area (Å²) < 4.78 is 47.1.